The molecule has 1 aromatic heterocycles. The summed E-state index contributed by atoms with van der Waals surface area (Å²) in [5.41, 5.74) is 7.94. The van der Waals surface area contributed by atoms with Gasteiger partial charge in [0.2, 0.25) is 0 Å². The minimum atomic E-state index is -0.508. The minimum absolute atomic E-state index is 0.0127. The number of anilines is 1. The Hall–Kier alpha value is -2.79. The first kappa shape index (κ1) is 15.1. The van der Waals surface area contributed by atoms with Gasteiger partial charge in [-0.1, -0.05) is 47.1 Å². The zero-order valence-electron chi connectivity index (χ0n) is 12.0. The van der Waals surface area contributed by atoms with Gasteiger partial charge in [-0.15, -0.1) is 0 Å². The molecule has 3 rings (SSSR count). The number of nitrogen functional groups attached to an aromatic ring is 1. The predicted molar refractivity (Wildman–Crippen MR) is 86.9 cm³/mol. The van der Waals surface area contributed by atoms with Crippen LogP contribution in [0.5, 0.6) is 0 Å². The SMILES string of the molecule is Nc1cc(C(=O)OCc2cc(-c3ccccc3)no2)ccc1Cl. The number of ether oxygens (including phenoxy) is 1. The van der Waals surface area contributed by atoms with Crippen molar-refractivity contribution in [2.24, 2.45) is 0 Å². The zero-order valence-corrected chi connectivity index (χ0v) is 12.8. The van der Waals surface area contributed by atoms with Crippen LogP contribution in [0, 0.1) is 0 Å². The van der Waals surface area contributed by atoms with Gasteiger partial charge >= 0.3 is 5.97 Å². The van der Waals surface area contributed by atoms with Crippen molar-refractivity contribution in [3.05, 3.63) is 70.9 Å². The van der Waals surface area contributed by atoms with Crippen molar-refractivity contribution in [2.45, 2.75) is 6.61 Å². The Balaban J connectivity index is 1.65. The maximum absolute atomic E-state index is 12.0. The van der Waals surface area contributed by atoms with Crippen molar-refractivity contribution in [3.8, 4) is 11.3 Å². The molecule has 3 aromatic rings. The summed E-state index contributed by atoms with van der Waals surface area (Å²) in [4.78, 5) is 12.0. The highest BCUT2D eigenvalue weighted by Crippen LogP contribution is 2.21. The zero-order chi connectivity index (χ0) is 16.2. The molecule has 2 aromatic carbocycles. The highest BCUT2D eigenvalue weighted by molar-refractivity contribution is 6.33. The Morgan fingerprint density at radius 1 is 1.17 bits per heavy atom. The Morgan fingerprint density at radius 3 is 2.70 bits per heavy atom. The smallest absolute Gasteiger partial charge is 0.338 e. The third-order valence-corrected chi connectivity index (χ3v) is 3.55. The van der Waals surface area contributed by atoms with E-state index in [4.69, 9.17) is 26.6 Å². The van der Waals surface area contributed by atoms with E-state index in [1.807, 2.05) is 30.3 Å². The molecule has 0 bridgehead atoms. The molecule has 0 spiro atoms. The van der Waals surface area contributed by atoms with Crippen molar-refractivity contribution in [3.63, 3.8) is 0 Å². The summed E-state index contributed by atoms with van der Waals surface area (Å²) in [5.74, 6) is -0.0508. The number of halogens is 1. The second kappa shape index (κ2) is 6.54. The number of nitrogens with zero attached hydrogens (tertiary/aromatic N) is 1. The fourth-order valence-corrected chi connectivity index (χ4v) is 2.13. The molecular weight excluding hydrogens is 316 g/mol. The van der Waals surface area contributed by atoms with E-state index in [-0.39, 0.29) is 6.61 Å². The fraction of sp³-hybridized carbons (Fsp3) is 0.0588. The molecule has 2 N–H and O–H groups in total. The van der Waals surface area contributed by atoms with Crippen LogP contribution in [-0.4, -0.2) is 11.1 Å². The van der Waals surface area contributed by atoms with Gasteiger partial charge in [-0.05, 0) is 18.2 Å². The number of nitrogens with two attached hydrogens (primary N) is 1. The van der Waals surface area contributed by atoms with Crippen LogP contribution in [0.15, 0.2) is 59.1 Å². The number of hydrogen-bond acceptors (Lipinski definition) is 5. The molecule has 0 atom stereocenters. The van der Waals surface area contributed by atoms with E-state index in [0.29, 0.717) is 27.7 Å². The summed E-state index contributed by atoms with van der Waals surface area (Å²) in [5, 5.41) is 4.35. The van der Waals surface area contributed by atoms with Gasteiger partial charge in [-0.3, -0.25) is 0 Å². The molecule has 0 unspecified atom stereocenters. The monoisotopic (exact) mass is 328 g/mol. The standard InChI is InChI=1S/C17H13ClN2O3/c18-14-7-6-12(8-15(14)19)17(21)22-10-13-9-16(20-23-13)11-4-2-1-3-5-11/h1-9H,10,19H2. The molecule has 0 aliphatic carbocycles. The average molecular weight is 329 g/mol. The molecule has 0 aliphatic rings. The first-order valence-corrected chi connectivity index (χ1v) is 7.24. The van der Waals surface area contributed by atoms with Gasteiger partial charge in [-0.2, -0.15) is 0 Å². The normalized spacial score (nSPS) is 10.5. The first-order valence-electron chi connectivity index (χ1n) is 6.86. The lowest BCUT2D eigenvalue weighted by atomic mass is 10.1. The molecule has 0 fully saturated rings. The predicted octanol–water partition coefficient (Wildman–Crippen LogP) is 3.93. The highest BCUT2D eigenvalue weighted by Gasteiger charge is 2.12. The summed E-state index contributed by atoms with van der Waals surface area (Å²) in [6.45, 7) is -0.0127. The van der Waals surface area contributed by atoms with E-state index in [9.17, 15) is 4.79 Å². The molecule has 116 valence electrons. The van der Waals surface area contributed by atoms with E-state index in [0.717, 1.165) is 5.56 Å². The van der Waals surface area contributed by atoms with E-state index < -0.39 is 5.97 Å². The van der Waals surface area contributed by atoms with Crippen molar-refractivity contribution < 1.29 is 14.1 Å². The van der Waals surface area contributed by atoms with Crippen LogP contribution in [0.4, 0.5) is 5.69 Å². The number of aromatic nitrogens is 1. The Kier molecular flexibility index (Phi) is 4.30. The molecular formula is C17H13ClN2O3. The molecule has 0 radical (unpaired) electrons. The highest BCUT2D eigenvalue weighted by atomic mass is 35.5. The number of hydrogen-bond donors (Lipinski definition) is 1. The first-order chi connectivity index (χ1) is 11.1. The maximum Gasteiger partial charge on any atom is 0.338 e. The van der Waals surface area contributed by atoms with E-state index >= 15 is 0 Å². The van der Waals surface area contributed by atoms with Crippen LogP contribution < -0.4 is 5.73 Å². The van der Waals surface area contributed by atoms with Crippen LogP contribution in [0.1, 0.15) is 16.1 Å². The molecule has 0 saturated carbocycles. The van der Waals surface area contributed by atoms with Crippen LogP contribution in [-0.2, 0) is 11.3 Å². The van der Waals surface area contributed by atoms with Crippen LogP contribution >= 0.6 is 11.6 Å². The summed E-state index contributed by atoms with van der Waals surface area (Å²) in [7, 11) is 0. The number of benzene rings is 2. The number of carbonyl (C=O) groups excluding carboxylic acids is 1. The number of rotatable bonds is 4. The third-order valence-electron chi connectivity index (χ3n) is 3.21. The van der Waals surface area contributed by atoms with Gasteiger partial charge in [0.05, 0.1) is 16.3 Å². The van der Waals surface area contributed by atoms with Crippen LogP contribution in [0.2, 0.25) is 5.02 Å². The van der Waals surface area contributed by atoms with Crippen molar-refractivity contribution >= 4 is 23.3 Å². The van der Waals surface area contributed by atoms with Crippen LogP contribution in [0.3, 0.4) is 0 Å². The molecule has 0 aliphatic heterocycles. The van der Waals surface area contributed by atoms with Crippen LogP contribution in [0.25, 0.3) is 11.3 Å². The maximum atomic E-state index is 12.0. The lowest BCUT2D eigenvalue weighted by molar-refractivity contribution is 0.0437. The summed E-state index contributed by atoms with van der Waals surface area (Å²) in [6.07, 6.45) is 0. The van der Waals surface area contributed by atoms with Gasteiger partial charge < -0.3 is 15.0 Å². The largest absolute Gasteiger partial charge is 0.454 e. The molecule has 0 saturated heterocycles. The van der Waals surface area contributed by atoms with E-state index in [1.165, 1.54) is 6.07 Å². The van der Waals surface area contributed by atoms with E-state index in [1.54, 1.807) is 18.2 Å². The van der Waals surface area contributed by atoms with Gasteiger partial charge in [0.25, 0.3) is 0 Å². The lowest BCUT2D eigenvalue weighted by Crippen LogP contribution is -2.05. The quantitative estimate of drug-likeness (QED) is 0.580. The molecule has 5 nitrogen and oxygen atoms in total. The van der Waals surface area contributed by atoms with Gasteiger partial charge in [0.15, 0.2) is 12.4 Å². The third kappa shape index (κ3) is 3.52. The molecule has 6 heteroatoms. The summed E-state index contributed by atoms with van der Waals surface area (Å²) >= 11 is 5.82. The number of carbonyl (C=O) groups is 1. The van der Waals surface area contributed by atoms with Crippen molar-refractivity contribution in [1.29, 1.82) is 0 Å². The lowest BCUT2D eigenvalue weighted by Gasteiger charge is -2.04. The van der Waals surface area contributed by atoms with Crippen molar-refractivity contribution in [1.82, 2.24) is 5.16 Å². The molecule has 1 heterocycles. The van der Waals surface area contributed by atoms with Crippen molar-refractivity contribution in [2.75, 3.05) is 5.73 Å². The second-order valence-electron chi connectivity index (χ2n) is 4.86. The Labute approximate surface area is 137 Å². The summed E-state index contributed by atoms with van der Waals surface area (Å²) in [6, 6.07) is 15.9. The summed E-state index contributed by atoms with van der Waals surface area (Å²) < 4.78 is 10.4. The fourth-order valence-electron chi connectivity index (χ4n) is 2.02. The number of esters is 1. The van der Waals surface area contributed by atoms with Gasteiger partial charge in [0.1, 0.15) is 5.69 Å². The molecule has 23 heavy (non-hydrogen) atoms. The Bertz CT molecular complexity index is 831. The molecule has 0 amide bonds. The minimum Gasteiger partial charge on any atom is -0.454 e. The van der Waals surface area contributed by atoms with E-state index in [2.05, 4.69) is 5.16 Å². The Morgan fingerprint density at radius 2 is 1.96 bits per heavy atom. The topological polar surface area (TPSA) is 78.4 Å². The van der Waals surface area contributed by atoms with Gasteiger partial charge in [0, 0.05) is 11.6 Å². The second-order valence-corrected chi connectivity index (χ2v) is 5.26. The van der Waals surface area contributed by atoms with Gasteiger partial charge in [-0.25, -0.2) is 4.79 Å². The average Bonchev–Trinajstić information content (AvgIpc) is 3.05.